The van der Waals surface area contributed by atoms with Crippen molar-refractivity contribution in [2.45, 2.75) is 0 Å². The van der Waals surface area contributed by atoms with Crippen molar-refractivity contribution in [2.75, 3.05) is 76.3 Å². The predicted molar refractivity (Wildman–Crippen MR) is 124 cm³/mol. The summed E-state index contributed by atoms with van der Waals surface area (Å²) in [5, 5.41) is 0.676. The molecule has 0 bridgehead atoms. The van der Waals surface area contributed by atoms with Crippen molar-refractivity contribution in [3.63, 3.8) is 0 Å². The van der Waals surface area contributed by atoms with Gasteiger partial charge in [-0.1, -0.05) is 23.7 Å². The van der Waals surface area contributed by atoms with Crippen molar-refractivity contribution in [2.24, 2.45) is 0 Å². The first-order chi connectivity index (χ1) is 15.0. The Balaban J connectivity index is 1.36. The van der Waals surface area contributed by atoms with E-state index in [-0.39, 0.29) is 6.09 Å². The molecule has 2 heterocycles. The topological polar surface area (TPSA) is 48.5 Å². The summed E-state index contributed by atoms with van der Waals surface area (Å²) in [5.41, 5.74) is 1.97. The zero-order chi connectivity index (χ0) is 21.8. The number of benzene rings is 2. The highest BCUT2D eigenvalue weighted by molar-refractivity contribution is 6.33. The van der Waals surface area contributed by atoms with Gasteiger partial charge in [0.2, 0.25) is 0 Å². The van der Waals surface area contributed by atoms with Gasteiger partial charge in [-0.05, 0) is 31.3 Å². The summed E-state index contributed by atoms with van der Waals surface area (Å²) in [7, 11) is 3.79. The standard InChI is InChI=1S/C23H29ClN4O3/c1-25-9-11-27(12-10-25)21-17-18(7-8-19(21)24)31-23(29)28-15-13-26(14-16-28)20-5-3-4-6-22(20)30-2/h3-8,17H,9-16H2,1-2H3. The molecule has 166 valence electrons. The number of ether oxygens (including phenoxy) is 2. The molecule has 0 saturated carbocycles. The van der Waals surface area contributed by atoms with Gasteiger partial charge in [0.25, 0.3) is 0 Å². The summed E-state index contributed by atoms with van der Waals surface area (Å²) in [4.78, 5) is 21.3. The van der Waals surface area contributed by atoms with Gasteiger partial charge in [0, 0.05) is 58.4 Å². The largest absolute Gasteiger partial charge is 0.495 e. The minimum atomic E-state index is -0.327. The van der Waals surface area contributed by atoms with Crippen LogP contribution in [0.2, 0.25) is 5.02 Å². The van der Waals surface area contributed by atoms with E-state index >= 15 is 0 Å². The van der Waals surface area contributed by atoms with Crippen molar-refractivity contribution in [1.29, 1.82) is 0 Å². The third-order valence-corrected chi connectivity index (χ3v) is 6.25. The number of para-hydroxylation sites is 2. The summed E-state index contributed by atoms with van der Waals surface area (Å²) in [5.74, 6) is 1.37. The van der Waals surface area contributed by atoms with Crippen molar-refractivity contribution in [3.8, 4) is 11.5 Å². The number of carbonyl (C=O) groups excluding carboxylic acids is 1. The number of methoxy groups -OCH3 is 1. The molecule has 0 aromatic heterocycles. The molecule has 0 spiro atoms. The molecule has 2 aromatic rings. The Hall–Kier alpha value is -2.64. The van der Waals surface area contributed by atoms with Crippen LogP contribution < -0.4 is 19.3 Å². The van der Waals surface area contributed by atoms with E-state index in [1.54, 1.807) is 24.1 Å². The van der Waals surface area contributed by atoms with Gasteiger partial charge in [0.1, 0.15) is 11.5 Å². The van der Waals surface area contributed by atoms with Crippen molar-refractivity contribution in [1.82, 2.24) is 9.80 Å². The normalized spacial score (nSPS) is 17.6. The summed E-state index contributed by atoms with van der Waals surface area (Å²) >= 11 is 6.43. The maximum Gasteiger partial charge on any atom is 0.415 e. The molecule has 2 aliphatic rings. The highest BCUT2D eigenvalue weighted by Gasteiger charge is 2.25. The zero-order valence-electron chi connectivity index (χ0n) is 18.1. The van der Waals surface area contributed by atoms with Crippen LogP contribution in [0.4, 0.5) is 16.2 Å². The Morgan fingerprint density at radius 1 is 0.871 bits per heavy atom. The fourth-order valence-electron chi connectivity index (χ4n) is 4.03. The van der Waals surface area contributed by atoms with Crippen molar-refractivity contribution < 1.29 is 14.3 Å². The summed E-state index contributed by atoms with van der Waals surface area (Å²) in [6, 6.07) is 13.4. The van der Waals surface area contributed by atoms with E-state index < -0.39 is 0 Å². The molecule has 0 unspecified atom stereocenters. The molecule has 0 radical (unpaired) electrons. The number of nitrogens with zero attached hydrogens (tertiary/aromatic N) is 4. The van der Waals surface area contributed by atoms with Crippen LogP contribution in [0, 0.1) is 0 Å². The van der Waals surface area contributed by atoms with E-state index in [0.717, 1.165) is 56.4 Å². The molecule has 7 nitrogen and oxygen atoms in total. The smallest absolute Gasteiger partial charge is 0.415 e. The lowest BCUT2D eigenvalue weighted by molar-refractivity contribution is 0.149. The van der Waals surface area contributed by atoms with E-state index in [9.17, 15) is 4.79 Å². The fourth-order valence-corrected chi connectivity index (χ4v) is 4.27. The lowest BCUT2D eigenvalue weighted by Gasteiger charge is -2.36. The number of amides is 1. The second-order valence-corrected chi connectivity index (χ2v) is 8.32. The third kappa shape index (κ3) is 4.99. The molecule has 0 aliphatic carbocycles. The van der Waals surface area contributed by atoms with Crippen molar-refractivity contribution in [3.05, 3.63) is 47.5 Å². The van der Waals surface area contributed by atoms with Gasteiger partial charge < -0.3 is 29.1 Å². The Kier molecular flexibility index (Phi) is 6.73. The average molecular weight is 445 g/mol. The van der Waals surface area contributed by atoms with Gasteiger partial charge in [-0.2, -0.15) is 0 Å². The average Bonchev–Trinajstić information content (AvgIpc) is 2.81. The Labute approximate surface area is 188 Å². The van der Waals surface area contributed by atoms with Gasteiger partial charge in [0.05, 0.1) is 23.5 Å². The van der Waals surface area contributed by atoms with Crippen LogP contribution in [0.5, 0.6) is 11.5 Å². The predicted octanol–water partition coefficient (Wildman–Crippen LogP) is 3.42. The second kappa shape index (κ2) is 9.66. The SMILES string of the molecule is COc1ccccc1N1CCN(C(=O)Oc2ccc(Cl)c(N3CCN(C)CC3)c2)CC1. The summed E-state index contributed by atoms with van der Waals surface area (Å²) in [6.45, 7) is 6.40. The summed E-state index contributed by atoms with van der Waals surface area (Å²) < 4.78 is 11.2. The van der Waals surface area contributed by atoms with Crippen LogP contribution in [0.3, 0.4) is 0 Å². The number of rotatable bonds is 4. The zero-order valence-corrected chi connectivity index (χ0v) is 18.8. The van der Waals surface area contributed by atoms with E-state index in [1.807, 2.05) is 30.3 Å². The fraction of sp³-hybridized carbons (Fsp3) is 0.435. The van der Waals surface area contributed by atoms with Crippen LogP contribution in [0.15, 0.2) is 42.5 Å². The molecule has 4 rings (SSSR count). The van der Waals surface area contributed by atoms with Gasteiger partial charge in [-0.3, -0.25) is 0 Å². The first kappa shape index (κ1) is 21.6. The number of likely N-dealkylation sites (N-methyl/N-ethyl adjacent to an activating group) is 1. The Morgan fingerprint density at radius 2 is 1.52 bits per heavy atom. The first-order valence-electron chi connectivity index (χ1n) is 10.6. The molecule has 8 heteroatoms. The molecule has 2 fully saturated rings. The molecule has 2 aromatic carbocycles. The van der Waals surface area contributed by atoms with Crippen LogP contribution in [-0.2, 0) is 0 Å². The molecule has 2 saturated heterocycles. The van der Waals surface area contributed by atoms with Crippen LogP contribution in [-0.4, -0.2) is 82.4 Å². The maximum atomic E-state index is 12.8. The minimum Gasteiger partial charge on any atom is -0.495 e. The van der Waals surface area contributed by atoms with E-state index in [0.29, 0.717) is 23.9 Å². The molecular weight excluding hydrogens is 416 g/mol. The quantitative estimate of drug-likeness (QED) is 0.720. The van der Waals surface area contributed by atoms with Crippen LogP contribution in [0.1, 0.15) is 0 Å². The third-order valence-electron chi connectivity index (χ3n) is 5.93. The minimum absolute atomic E-state index is 0.327. The Morgan fingerprint density at radius 3 is 2.23 bits per heavy atom. The maximum absolute atomic E-state index is 12.8. The number of hydrogen-bond donors (Lipinski definition) is 0. The molecular formula is C23H29ClN4O3. The molecule has 0 atom stereocenters. The van der Waals surface area contributed by atoms with Crippen molar-refractivity contribution >= 4 is 29.1 Å². The van der Waals surface area contributed by atoms with Gasteiger partial charge in [-0.15, -0.1) is 0 Å². The first-order valence-corrected chi connectivity index (χ1v) is 11.0. The molecule has 0 N–H and O–H groups in total. The summed E-state index contributed by atoms with van der Waals surface area (Å²) in [6.07, 6.45) is -0.327. The Bertz CT molecular complexity index is 909. The van der Waals surface area contributed by atoms with E-state index in [2.05, 4.69) is 21.7 Å². The van der Waals surface area contributed by atoms with Crippen LogP contribution >= 0.6 is 11.6 Å². The van der Waals surface area contributed by atoms with Crippen LogP contribution in [0.25, 0.3) is 0 Å². The number of anilines is 2. The van der Waals surface area contributed by atoms with E-state index in [1.165, 1.54) is 0 Å². The molecule has 1 amide bonds. The molecule has 2 aliphatic heterocycles. The highest BCUT2D eigenvalue weighted by atomic mass is 35.5. The number of hydrogen-bond acceptors (Lipinski definition) is 6. The van der Waals surface area contributed by atoms with E-state index in [4.69, 9.17) is 21.1 Å². The highest BCUT2D eigenvalue weighted by Crippen LogP contribution is 2.32. The second-order valence-electron chi connectivity index (χ2n) is 7.92. The van der Waals surface area contributed by atoms with Gasteiger partial charge in [-0.25, -0.2) is 4.79 Å². The lowest BCUT2D eigenvalue weighted by atomic mass is 10.2. The molecule has 31 heavy (non-hydrogen) atoms. The monoisotopic (exact) mass is 444 g/mol. The number of carbonyl (C=O) groups is 1. The number of piperazine rings is 2. The lowest BCUT2D eigenvalue weighted by Crippen LogP contribution is -2.49. The van der Waals surface area contributed by atoms with Gasteiger partial charge >= 0.3 is 6.09 Å². The van der Waals surface area contributed by atoms with Gasteiger partial charge in [0.15, 0.2) is 0 Å². The number of halogens is 1.